The normalized spacial score (nSPS) is 13.3. The van der Waals surface area contributed by atoms with Crippen LogP contribution in [0.25, 0.3) is 0 Å². The van der Waals surface area contributed by atoms with Crippen LogP contribution in [0.4, 0.5) is 0 Å². The molecule has 0 nitrogen and oxygen atoms in total. The van der Waals surface area contributed by atoms with Crippen LogP contribution in [0.1, 0.15) is 114 Å². The number of hydrogen-bond donors (Lipinski definition) is 0. The molecule has 0 saturated heterocycles. The van der Waals surface area contributed by atoms with Crippen LogP contribution in [0, 0.1) is 16.2 Å². The van der Waals surface area contributed by atoms with E-state index in [-0.39, 0.29) is 10.8 Å². The maximum atomic E-state index is 2.73. The topological polar surface area (TPSA) is 0 Å². The fourth-order valence-corrected chi connectivity index (χ4v) is 4.18. The SMILES string of the molecule is CCCCCC(C=C(C(C)(C)C)C(C)(C)C)(CCC)CCC. The monoisotopic (exact) mass is 308 g/mol. The van der Waals surface area contributed by atoms with Gasteiger partial charge in [-0.2, -0.15) is 0 Å². The molecule has 0 aliphatic rings. The maximum Gasteiger partial charge on any atom is -0.0115 e. The van der Waals surface area contributed by atoms with Gasteiger partial charge in [0.05, 0.1) is 0 Å². The molecule has 0 aromatic carbocycles. The molecule has 0 aliphatic carbocycles. The van der Waals surface area contributed by atoms with E-state index < -0.39 is 0 Å². The molecule has 0 fully saturated rings. The van der Waals surface area contributed by atoms with Gasteiger partial charge in [-0.25, -0.2) is 0 Å². The van der Waals surface area contributed by atoms with E-state index in [0.717, 1.165) is 0 Å². The van der Waals surface area contributed by atoms with E-state index in [4.69, 9.17) is 0 Å². The summed E-state index contributed by atoms with van der Waals surface area (Å²) in [6.07, 6.45) is 13.5. The predicted octanol–water partition coefficient (Wildman–Crippen LogP) is 8.17. The molecule has 0 aromatic heterocycles. The van der Waals surface area contributed by atoms with Gasteiger partial charge in [-0.15, -0.1) is 0 Å². The van der Waals surface area contributed by atoms with Crippen LogP contribution < -0.4 is 0 Å². The van der Waals surface area contributed by atoms with Crippen LogP contribution >= 0.6 is 0 Å². The van der Waals surface area contributed by atoms with E-state index in [0.29, 0.717) is 5.41 Å². The summed E-state index contributed by atoms with van der Waals surface area (Å²) in [5.74, 6) is 0. The summed E-state index contributed by atoms with van der Waals surface area (Å²) < 4.78 is 0. The third-order valence-electron chi connectivity index (χ3n) is 4.84. The first-order valence-corrected chi connectivity index (χ1v) is 9.76. The van der Waals surface area contributed by atoms with Crippen molar-refractivity contribution in [2.75, 3.05) is 0 Å². The molecule has 0 aromatic rings. The summed E-state index contributed by atoms with van der Waals surface area (Å²) in [6.45, 7) is 21.3. The van der Waals surface area contributed by atoms with Crippen LogP contribution in [0.2, 0.25) is 0 Å². The average molecular weight is 309 g/mol. The number of unbranched alkanes of at least 4 members (excludes halogenated alkanes) is 2. The van der Waals surface area contributed by atoms with E-state index >= 15 is 0 Å². The van der Waals surface area contributed by atoms with E-state index in [2.05, 4.69) is 68.4 Å². The van der Waals surface area contributed by atoms with E-state index in [1.807, 2.05) is 0 Å². The minimum Gasteiger partial charge on any atom is -0.0780 e. The van der Waals surface area contributed by atoms with Crippen LogP contribution in [-0.4, -0.2) is 0 Å². The molecule has 0 amide bonds. The van der Waals surface area contributed by atoms with Crippen molar-refractivity contribution in [3.05, 3.63) is 11.6 Å². The van der Waals surface area contributed by atoms with E-state index in [9.17, 15) is 0 Å². The summed E-state index contributed by atoms with van der Waals surface area (Å²) in [7, 11) is 0. The second-order valence-corrected chi connectivity index (χ2v) is 9.38. The lowest BCUT2D eigenvalue weighted by Crippen LogP contribution is -2.27. The van der Waals surface area contributed by atoms with Crippen molar-refractivity contribution in [3.8, 4) is 0 Å². The third-order valence-corrected chi connectivity index (χ3v) is 4.84. The highest BCUT2D eigenvalue weighted by molar-refractivity contribution is 5.22. The van der Waals surface area contributed by atoms with Crippen molar-refractivity contribution in [2.24, 2.45) is 16.2 Å². The molecular weight excluding hydrogens is 264 g/mol. The molecule has 0 heteroatoms. The van der Waals surface area contributed by atoms with Gasteiger partial charge in [-0.1, -0.05) is 106 Å². The molecule has 0 heterocycles. The van der Waals surface area contributed by atoms with Gasteiger partial charge in [0, 0.05) is 0 Å². The predicted molar refractivity (Wildman–Crippen MR) is 103 cm³/mol. The minimum absolute atomic E-state index is 0.260. The standard InChI is InChI=1S/C22H44/c1-10-13-14-17-22(15-11-2,16-12-3)18-19(20(4,5)6)21(7,8)9/h18H,10-17H2,1-9H3. The van der Waals surface area contributed by atoms with Crippen LogP contribution in [0.15, 0.2) is 11.6 Å². The van der Waals surface area contributed by atoms with Gasteiger partial charge in [-0.3, -0.25) is 0 Å². The van der Waals surface area contributed by atoms with Crippen molar-refractivity contribution < 1.29 is 0 Å². The molecule has 0 N–H and O–H groups in total. The Hall–Kier alpha value is -0.260. The molecule has 132 valence electrons. The Balaban J connectivity index is 5.73. The molecule has 0 atom stereocenters. The summed E-state index contributed by atoms with van der Waals surface area (Å²) in [6, 6.07) is 0. The highest BCUT2D eigenvalue weighted by Crippen LogP contribution is 2.46. The minimum atomic E-state index is 0.260. The Kier molecular flexibility index (Phi) is 9.03. The number of hydrogen-bond acceptors (Lipinski definition) is 0. The highest BCUT2D eigenvalue weighted by Gasteiger charge is 2.33. The summed E-state index contributed by atoms with van der Waals surface area (Å²) in [5, 5.41) is 0. The molecule has 0 rings (SSSR count). The first-order valence-electron chi connectivity index (χ1n) is 9.76. The van der Waals surface area contributed by atoms with Crippen molar-refractivity contribution in [2.45, 2.75) is 114 Å². The van der Waals surface area contributed by atoms with Gasteiger partial charge >= 0.3 is 0 Å². The largest absolute Gasteiger partial charge is 0.0780 e. The Morgan fingerprint density at radius 3 is 1.41 bits per heavy atom. The molecule has 22 heavy (non-hydrogen) atoms. The summed E-state index contributed by atoms with van der Waals surface area (Å²) >= 11 is 0. The van der Waals surface area contributed by atoms with Crippen LogP contribution in [-0.2, 0) is 0 Å². The molecule has 0 bridgehead atoms. The Labute approximate surface area is 142 Å². The molecule has 0 unspecified atom stereocenters. The molecule has 0 radical (unpaired) electrons. The van der Waals surface area contributed by atoms with Crippen LogP contribution in [0.5, 0.6) is 0 Å². The van der Waals surface area contributed by atoms with Crippen molar-refractivity contribution in [3.63, 3.8) is 0 Å². The fraction of sp³-hybridized carbons (Fsp3) is 0.909. The number of allylic oxidation sites excluding steroid dienone is 2. The molecule has 0 aliphatic heterocycles. The van der Waals surface area contributed by atoms with Crippen molar-refractivity contribution in [1.82, 2.24) is 0 Å². The lowest BCUT2D eigenvalue weighted by atomic mass is 9.65. The van der Waals surface area contributed by atoms with Crippen molar-refractivity contribution in [1.29, 1.82) is 0 Å². The van der Waals surface area contributed by atoms with Crippen molar-refractivity contribution >= 4 is 0 Å². The zero-order valence-electron chi connectivity index (χ0n) is 17.2. The van der Waals surface area contributed by atoms with Gasteiger partial charge in [0.25, 0.3) is 0 Å². The first-order chi connectivity index (χ1) is 10.0. The lowest BCUT2D eigenvalue weighted by Gasteiger charge is -2.40. The Morgan fingerprint density at radius 2 is 1.09 bits per heavy atom. The molecule has 0 spiro atoms. The smallest absolute Gasteiger partial charge is 0.0115 e. The summed E-state index contributed by atoms with van der Waals surface area (Å²) in [5.41, 5.74) is 2.60. The highest BCUT2D eigenvalue weighted by atomic mass is 14.4. The fourth-order valence-electron chi connectivity index (χ4n) is 4.18. The lowest BCUT2D eigenvalue weighted by molar-refractivity contribution is 0.262. The Morgan fingerprint density at radius 1 is 0.636 bits per heavy atom. The second kappa shape index (κ2) is 9.14. The first kappa shape index (κ1) is 21.7. The van der Waals surface area contributed by atoms with Gasteiger partial charge in [0.2, 0.25) is 0 Å². The number of rotatable bonds is 9. The van der Waals surface area contributed by atoms with E-state index in [1.54, 1.807) is 5.57 Å². The molecular formula is C22H44. The quantitative estimate of drug-likeness (QED) is 0.297. The van der Waals surface area contributed by atoms with Gasteiger partial charge in [-0.05, 0) is 35.5 Å². The Bertz CT molecular complexity index is 297. The van der Waals surface area contributed by atoms with Gasteiger partial charge in [0.15, 0.2) is 0 Å². The van der Waals surface area contributed by atoms with Gasteiger partial charge < -0.3 is 0 Å². The zero-order valence-corrected chi connectivity index (χ0v) is 17.2. The zero-order chi connectivity index (χ0) is 17.4. The second-order valence-electron chi connectivity index (χ2n) is 9.38. The molecule has 0 saturated carbocycles. The summed E-state index contributed by atoms with van der Waals surface area (Å²) in [4.78, 5) is 0. The average Bonchev–Trinajstić information content (AvgIpc) is 2.34. The van der Waals surface area contributed by atoms with Crippen LogP contribution in [0.3, 0.4) is 0 Å². The third kappa shape index (κ3) is 7.34. The van der Waals surface area contributed by atoms with E-state index in [1.165, 1.54) is 51.4 Å². The maximum absolute atomic E-state index is 2.73. The van der Waals surface area contributed by atoms with Gasteiger partial charge in [0.1, 0.15) is 0 Å².